The molecule has 3 rings (SSSR count). The molecule has 33 heavy (non-hydrogen) atoms. The normalized spacial score (nSPS) is 12.1. The molecule has 1 aromatic carbocycles. The summed E-state index contributed by atoms with van der Waals surface area (Å²) in [5.41, 5.74) is 1.28. The Morgan fingerprint density at radius 1 is 1.12 bits per heavy atom. The number of amides is 1. The molecule has 2 heterocycles. The molecule has 0 radical (unpaired) electrons. The number of aromatic nitrogens is 4. The van der Waals surface area contributed by atoms with E-state index >= 15 is 0 Å². The van der Waals surface area contributed by atoms with Crippen LogP contribution in [0.15, 0.2) is 41.4 Å². The highest BCUT2D eigenvalue weighted by atomic mass is 35.5. The van der Waals surface area contributed by atoms with Crippen LogP contribution < -0.4 is 10.0 Å². The molecule has 0 aliphatic rings. The molecule has 0 aliphatic heterocycles. The quantitative estimate of drug-likeness (QED) is 0.519. The molecule has 0 spiro atoms. The Morgan fingerprint density at radius 2 is 1.76 bits per heavy atom. The third kappa shape index (κ3) is 5.51. The van der Waals surface area contributed by atoms with Crippen LogP contribution in [0.3, 0.4) is 0 Å². The molecule has 176 valence electrons. The van der Waals surface area contributed by atoms with Crippen molar-refractivity contribution in [2.75, 3.05) is 10.0 Å². The third-order valence-electron chi connectivity index (χ3n) is 4.84. The van der Waals surface area contributed by atoms with Crippen molar-refractivity contribution in [3.8, 4) is 11.5 Å². The summed E-state index contributed by atoms with van der Waals surface area (Å²) < 4.78 is 30.5. The van der Waals surface area contributed by atoms with Crippen molar-refractivity contribution in [1.82, 2.24) is 19.7 Å². The maximum absolute atomic E-state index is 13.1. The van der Waals surface area contributed by atoms with Crippen molar-refractivity contribution in [2.45, 2.75) is 57.9 Å². The first-order valence-corrected chi connectivity index (χ1v) is 12.2. The molecule has 0 atom stereocenters. The highest BCUT2D eigenvalue weighted by molar-refractivity contribution is 7.92. The minimum Gasteiger partial charge on any atom is -0.295 e. The zero-order valence-corrected chi connectivity index (χ0v) is 20.9. The summed E-state index contributed by atoms with van der Waals surface area (Å²) in [4.78, 5) is 16.0. The molecule has 0 unspecified atom stereocenters. The molecule has 11 heteroatoms. The van der Waals surface area contributed by atoms with E-state index in [1.54, 1.807) is 28.8 Å². The fraction of sp³-hybridized carbons (Fsp3) is 0.364. The fourth-order valence-corrected chi connectivity index (χ4v) is 4.43. The lowest BCUT2D eigenvalue weighted by Gasteiger charge is -2.19. The van der Waals surface area contributed by atoms with Crippen molar-refractivity contribution in [1.29, 1.82) is 0 Å². The minimum atomic E-state index is -3.94. The summed E-state index contributed by atoms with van der Waals surface area (Å²) in [6, 6.07) is 8.02. The van der Waals surface area contributed by atoms with Crippen LogP contribution in [0.4, 0.5) is 11.6 Å². The summed E-state index contributed by atoms with van der Waals surface area (Å²) in [6.45, 7) is 11.3. The van der Waals surface area contributed by atoms with Crippen molar-refractivity contribution < 1.29 is 13.2 Å². The molecule has 9 nitrogen and oxygen atoms in total. The van der Waals surface area contributed by atoms with Gasteiger partial charge in [0.25, 0.3) is 10.0 Å². The molecule has 1 amide bonds. The van der Waals surface area contributed by atoms with Crippen LogP contribution in [0.5, 0.6) is 0 Å². The van der Waals surface area contributed by atoms with Gasteiger partial charge in [0, 0.05) is 19.2 Å². The number of anilines is 2. The number of sulfonamides is 1. The van der Waals surface area contributed by atoms with Gasteiger partial charge in [0.2, 0.25) is 11.9 Å². The molecular weight excluding hydrogens is 464 g/mol. The van der Waals surface area contributed by atoms with E-state index < -0.39 is 10.0 Å². The molecular formula is C22H27ClN6O3S. The number of carbonyl (C=O) groups is 1. The van der Waals surface area contributed by atoms with Crippen LogP contribution >= 0.6 is 11.6 Å². The summed E-state index contributed by atoms with van der Waals surface area (Å²) in [7, 11) is -3.94. The third-order valence-corrected chi connectivity index (χ3v) is 6.43. The Kier molecular flexibility index (Phi) is 6.80. The van der Waals surface area contributed by atoms with Gasteiger partial charge in [-0.05, 0) is 43.0 Å². The van der Waals surface area contributed by atoms with Crippen LogP contribution in [0.2, 0.25) is 5.02 Å². The lowest BCUT2D eigenvalue weighted by molar-refractivity contribution is -0.114. The van der Waals surface area contributed by atoms with Crippen molar-refractivity contribution in [3.05, 3.63) is 47.1 Å². The van der Waals surface area contributed by atoms with Crippen LogP contribution in [0, 0.1) is 0 Å². The average molecular weight is 491 g/mol. The number of hydrogen-bond donors (Lipinski definition) is 2. The van der Waals surface area contributed by atoms with Gasteiger partial charge in [-0.15, -0.1) is 10.2 Å². The molecule has 0 saturated carbocycles. The molecule has 2 N–H and O–H groups in total. The summed E-state index contributed by atoms with van der Waals surface area (Å²) in [5, 5.41) is 11.1. The topological polar surface area (TPSA) is 119 Å². The van der Waals surface area contributed by atoms with E-state index in [1.807, 2.05) is 13.8 Å². The second-order valence-electron chi connectivity index (χ2n) is 8.92. The number of nitrogens with one attached hydrogen (secondary N) is 2. The highest BCUT2D eigenvalue weighted by Crippen LogP contribution is 2.32. The first kappa shape index (κ1) is 24.7. The second kappa shape index (κ2) is 9.11. The summed E-state index contributed by atoms with van der Waals surface area (Å²) >= 11 is 6.13. The summed E-state index contributed by atoms with van der Waals surface area (Å²) in [6.07, 6.45) is 1.39. The Hall–Kier alpha value is -2.98. The standard InChI is InChI=1S/C22H27ClN6O3S/c1-13(2)29-20(26-27-21(29)25-14(3)30)19-18(11-16(23)12-24-19)28-33(31,32)17-9-7-15(8-10-17)22(4,5)6/h7-13,28H,1-6H3,(H,25,27,30). The van der Waals surface area contributed by atoms with Crippen molar-refractivity contribution >= 4 is 39.2 Å². The number of hydrogen-bond acceptors (Lipinski definition) is 6. The Morgan fingerprint density at radius 3 is 2.30 bits per heavy atom. The smallest absolute Gasteiger partial charge is 0.261 e. The SMILES string of the molecule is CC(=O)Nc1nnc(-c2ncc(Cl)cc2NS(=O)(=O)c2ccc(C(C)(C)C)cc2)n1C(C)C. The zero-order valence-electron chi connectivity index (χ0n) is 19.3. The van der Waals surface area contributed by atoms with E-state index in [0.717, 1.165) is 5.56 Å². The lowest BCUT2D eigenvalue weighted by atomic mass is 9.87. The number of benzene rings is 1. The van der Waals surface area contributed by atoms with Crippen molar-refractivity contribution in [2.24, 2.45) is 0 Å². The lowest BCUT2D eigenvalue weighted by Crippen LogP contribution is -2.17. The predicted octanol–water partition coefficient (Wildman–Crippen LogP) is 4.63. The van der Waals surface area contributed by atoms with Gasteiger partial charge in [-0.2, -0.15) is 0 Å². The van der Waals surface area contributed by atoms with E-state index in [1.165, 1.54) is 19.2 Å². The molecule has 0 aliphatic carbocycles. The maximum atomic E-state index is 13.1. The van der Waals surface area contributed by atoms with Gasteiger partial charge in [0.05, 0.1) is 15.6 Å². The van der Waals surface area contributed by atoms with E-state index in [9.17, 15) is 13.2 Å². The Labute approximate surface area is 198 Å². The van der Waals surface area contributed by atoms with Gasteiger partial charge in [0.1, 0.15) is 5.69 Å². The first-order chi connectivity index (χ1) is 15.3. The molecule has 3 aromatic rings. The monoisotopic (exact) mass is 490 g/mol. The minimum absolute atomic E-state index is 0.102. The summed E-state index contributed by atoms with van der Waals surface area (Å²) in [5.74, 6) is 0.210. The van der Waals surface area contributed by atoms with Gasteiger partial charge < -0.3 is 0 Å². The first-order valence-electron chi connectivity index (χ1n) is 10.3. The number of carbonyl (C=O) groups excluding carboxylic acids is 1. The van der Waals surface area contributed by atoms with E-state index in [4.69, 9.17) is 11.6 Å². The predicted molar refractivity (Wildman–Crippen MR) is 129 cm³/mol. The Balaban J connectivity index is 2.06. The number of pyridine rings is 1. The maximum Gasteiger partial charge on any atom is 0.261 e. The zero-order chi connectivity index (χ0) is 24.6. The molecule has 0 fully saturated rings. The van der Waals surface area contributed by atoms with Gasteiger partial charge in [-0.25, -0.2) is 13.4 Å². The second-order valence-corrected chi connectivity index (χ2v) is 11.0. The highest BCUT2D eigenvalue weighted by Gasteiger charge is 2.24. The number of halogens is 1. The molecule has 2 aromatic heterocycles. The van der Waals surface area contributed by atoms with Crippen LogP contribution in [-0.4, -0.2) is 34.1 Å². The van der Waals surface area contributed by atoms with Crippen LogP contribution in [0.1, 0.15) is 53.1 Å². The van der Waals surface area contributed by atoms with Gasteiger partial charge in [-0.3, -0.25) is 19.4 Å². The van der Waals surface area contributed by atoms with Gasteiger partial charge in [-0.1, -0.05) is 44.5 Å². The van der Waals surface area contributed by atoms with E-state index in [2.05, 4.69) is 46.0 Å². The fourth-order valence-electron chi connectivity index (χ4n) is 3.22. The van der Waals surface area contributed by atoms with E-state index in [-0.39, 0.29) is 50.4 Å². The number of nitrogens with zero attached hydrogens (tertiary/aromatic N) is 4. The van der Waals surface area contributed by atoms with Crippen LogP contribution in [0.25, 0.3) is 11.5 Å². The van der Waals surface area contributed by atoms with Crippen LogP contribution in [-0.2, 0) is 20.2 Å². The Bertz CT molecular complexity index is 1280. The number of rotatable bonds is 6. The average Bonchev–Trinajstić information content (AvgIpc) is 3.10. The van der Waals surface area contributed by atoms with Crippen molar-refractivity contribution in [3.63, 3.8) is 0 Å². The molecule has 0 saturated heterocycles. The largest absolute Gasteiger partial charge is 0.295 e. The molecule has 0 bridgehead atoms. The van der Waals surface area contributed by atoms with E-state index in [0.29, 0.717) is 0 Å². The van der Waals surface area contributed by atoms with Gasteiger partial charge in [0.15, 0.2) is 5.82 Å². The van der Waals surface area contributed by atoms with Gasteiger partial charge >= 0.3 is 0 Å².